The predicted molar refractivity (Wildman–Crippen MR) is 77.0 cm³/mol. The summed E-state index contributed by atoms with van der Waals surface area (Å²) < 4.78 is 24.2. The van der Waals surface area contributed by atoms with Crippen LogP contribution in [0, 0.1) is 5.82 Å². The van der Waals surface area contributed by atoms with Crippen LogP contribution in [0.5, 0.6) is 5.75 Å². The monoisotopic (exact) mass is 299 g/mol. The van der Waals surface area contributed by atoms with Crippen molar-refractivity contribution in [3.63, 3.8) is 0 Å². The van der Waals surface area contributed by atoms with Crippen molar-refractivity contribution in [1.82, 2.24) is 4.90 Å². The summed E-state index contributed by atoms with van der Waals surface area (Å²) in [6.07, 6.45) is 0. The molecule has 0 fully saturated rings. The summed E-state index contributed by atoms with van der Waals surface area (Å²) in [5.74, 6) is -1.67. The number of nitrogens with zero attached hydrogens (tertiary/aromatic N) is 1. The summed E-state index contributed by atoms with van der Waals surface area (Å²) in [6, 6.07) is 3.79. The van der Waals surface area contributed by atoms with E-state index in [1.807, 2.05) is 13.8 Å². The molecule has 1 N–H and O–H groups in total. The van der Waals surface area contributed by atoms with E-state index in [4.69, 9.17) is 9.47 Å². The van der Waals surface area contributed by atoms with Gasteiger partial charge < -0.3 is 19.5 Å². The van der Waals surface area contributed by atoms with Crippen molar-refractivity contribution in [2.45, 2.75) is 13.8 Å². The van der Waals surface area contributed by atoms with Crippen LogP contribution in [0.3, 0.4) is 0 Å². The van der Waals surface area contributed by atoms with Gasteiger partial charge in [0.25, 0.3) is 5.91 Å². The summed E-state index contributed by atoms with van der Waals surface area (Å²) in [4.78, 5) is 13.8. The first-order chi connectivity index (χ1) is 10.1. The molecule has 1 aromatic carbocycles. The number of carbonyl (C=O) groups excluding carboxylic acids is 1. The number of carbonyl (C=O) groups is 1. The lowest BCUT2D eigenvalue weighted by Crippen LogP contribution is -2.37. The molecule has 0 aromatic heterocycles. The molecule has 1 amide bonds. The first kappa shape index (κ1) is 17.4. The molecule has 118 valence electrons. The van der Waals surface area contributed by atoms with E-state index in [0.29, 0.717) is 39.5 Å². The average molecular weight is 299 g/mol. The molecule has 21 heavy (non-hydrogen) atoms. The third kappa shape index (κ3) is 5.32. The molecule has 0 heterocycles. The third-order valence-corrected chi connectivity index (χ3v) is 2.91. The second-order valence-corrected chi connectivity index (χ2v) is 4.32. The lowest BCUT2D eigenvalue weighted by Gasteiger charge is -2.23. The molecule has 0 aliphatic carbocycles. The molecule has 0 saturated heterocycles. The van der Waals surface area contributed by atoms with Gasteiger partial charge in [-0.3, -0.25) is 4.79 Å². The van der Waals surface area contributed by atoms with Crippen molar-refractivity contribution in [3.8, 4) is 5.75 Å². The molecule has 1 rings (SSSR count). The van der Waals surface area contributed by atoms with Crippen LogP contribution in [0.1, 0.15) is 24.2 Å². The van der Waals surface area contributed by atoms with Crippen LogP contribution in [0.15, 0.2) is 18.2 Å². The van der Waals surface area contributed by atoms with Gasteiger partial charge in [0.1, 0.15) is 17.1 Å². The van der Waals surface area contributed by atoms with E-state index in [9.17, 15) is 14.3 Å². The maximum Gasteiger partial charge on any atom is 0.260 e. The zero-order valence-electron chi connectivity index (χ0n) is 12.5. The summed E-state index contributed by atoms with van der Waals surface area (Å²) in [6.45, 7) is 6.12. The van der Waals surface area contributed by atoms with Gasteiger partial charge in [0.15, 0.2) is 0 Å². The van der Waals surface area contributed by atoms with Crippen LogP contribution in [-0.2, 0) is 9.47 Å². The van der Waals surface area contributed by atoms with Crippen molar-refractivity contribution >= 4 is 5.91 Å². The second-order valence-electron chi connectivity index (χ2n) is 4.32. The zero-order valence-corrected chi connectivity index (χ0v) is 12.5. The second kappa shape index (κ2) is 9.31. The fourth-order valence-electron chi connectivity index (χ4n) is 1.84. The zero-order chi connectivity index (χ0) is 15.7. The minimum Gasteiger partial charge on any atom is -0.507 e. The van der Waals surface area contributed by atoms with E-state index in [0.717, 1.165) is 6.07 Å². The van der Waals surface area contributed by atoms with E-state index >= 15 is 0 Å². The maximum absolute atomic E-state index is 13.8. The molecule has 0 radical (unpaired) electrons. The number of rotatable bonds is 9. The van der Waals surface area contributed by atoms with Crippen LogP contribution < -0.4 is 0 Å². The molecule has 1 aromatic rings. The van der Waals surface area contributed by atoms with Crippen molar-refractivity contribution in [2.24, 2.45) is 0 Å². The number of ether oxygens (including phenoxy) is 2. The molecule has 0 spiro atoms. The minimum absolute atomic E-state index is 0.313. The number of amides is 1. The molecule has 0 saturated carbocycles. The van der Waals surface area contributed by atoms with Gasteiger partial charge >= 0.3 is 0 Å². The Morgan fingerprint density at radius 2 is 1.76 bits per heavy atom. The molecular weight excluding hydrogens is 277 g/mol. The summed E-state index contributed by atoms with van der Waals surface area (Å²) >= 11 is 0. The van der Waals surface area contributed by atoms with Gasteiger partial charge in [0.2, 0.25) is 0 Å². The Kier molecular flexibility index (Phi) is 7.71. The van der Waals surface area contributed by atoms with Crippen LogP contribution in [0.25, 0.3) is 0 Å². The third-order valence-electron chi connectivity index (χ3n) is 2.91. The van der Waals surface area contributed by atoms with E-state index in [2.05, 4.69) is 0 Å². The largest absolute Gasteiger partial charge is 0.507 e. The van der Waals surface area contributed by atoms with Gasteiger partial charge in [0.05, 0.1) is 13.2 Å². The highest BCUT2D eigenvalue weighted by Gasteiger charge is 2.22. The number of halogens is 1. The Labute approximate surface area is 124 Å². The number of hydrogen-bond acceptors (Lipinski definition) is 4. The van der Waals surface area contributed by atoms with Gasteiger partial charge in [-0.05, 0) is 26.0 Å². The molecular formula is C15H22FNO4. The fraction of sp³-hybridized carbons (Fsp3) is 0.533. The average Bonchev–Trinajstić information content (AvgIpc) is 2.45. The standard InChI is InChI=1S/C15H22FNO4/c1-3-20-10-8-17(9-11-21-4-2)15(19)14-12(16)6-5-7-13(14)18/h5-7,18H,3-4,8-11H2,1-2H3. The molecule has 0 bridgehead atoms. The number of aromatic hydroxyl groups is 1. The number of hydrogen-bond donors (Lipinski definition) is 1. The molecule has 0 unspecified atom stereocenters. The minimum atomic E-state index is -0.738. The molecule has 0 aliphatic heterocycles. The van der Waals surface area contributed by atoms with Gasteiger partial charge in [-0.15, -0.1) is 0 Å². The molecule has 0 atom stereocenters. The lowest BCUT2D eigenvalue weighted by molar-refractivity contribution is 0.0543. The SMILES string of the molecule is CCOCCN(CCOCC)C(=O)c1c(O)cccc1F. The highest BCUT2D eigenvalue weighted by Crippen LogP contribution is 2.21. The Morgan fingerprint density at radius 1 is 1.19 bits per heavy atom. The Bertz CT molecular complexity index is 423. The van der Waals surface area contributed by atoms with Crippen molar-refractivity contribution in [3.05, 3.63) is 29.6 Å². The first-order valence-corrected chi connectivity index (χ1v) is 7.04. The van der Waals surface area contributed by atoms with Gasteiger partial charge in [-0.2, -0.15) is 0 Å². The van der Waals surface area contributed by atoms with Gasteiger partial charge in [-0.1, -0.05) is 6.07 Å². The van der Waals surface area contributed by atoms with Crippen molar-refractivity contribution in [2.75, 3.05) is 39.5 Å². The highest BCUT2D eigenvalue weighted by atomic mass is 19.1. The van der Waals surface area contributed by atoms with E-state index in [-0.39, 0.29) is 11.3 Å². The Hall–Kier alpha value is -1.66. The fourth-order valence-corrected chi connectivity index (χ4v) is 1.84. The predicted octanol–water partition coefficient (Wildman–Crippen LogP) is 2.05. The highest BCUT2D eigenvalue weighted by molar-refractivity contribution is 5.97. The van der Waals surface area contributed by atoms with E-state index < -0.39 is 11.7 Å². The summed E-state index contributed by atoms with van der Waals surface area (Å²) in [5.41, 5.74) is -0.314. The number of phenols is 1. The van der Waals surface area contributed by atoms with Crippen LogP contribution >= 0.6 is 0 Å². The van der Waals surface area contributed by atoms with E-state index in [1.165, 1.54) is 17.0 Å². The summed E-state index contributed by atoms with van der Waals surface area (Å²) in [7, 11) is 0. The summed E-state index contributed by atoms with van der Waals surface area (Å²) in [5, 5.41) is 9.70. The normalized spacial score (nSPS) is 10.6. The lowest BCUT2D eigenvalue weighted by atomic mass is 10.1. The smallest absolute Gasteiger partial charge is 0.260 e. The Morgan fingerprint density at radius 3 is 2.24 bits per heavy atom. The van der Waals surface area contributed by atoms with Gasteiger partial charge in [-0.25, -0.2) is 4.39 Å². The number of benzene rings is 1. The number of phenolic OH excluding ortho intramolecular Hbond substituents is 1. The topological polar surface area (TPSA) is 59.0 Å². The van der Waals surface area contributed by atoms with Crippen LogP contribution in [0.4, 0.5) is 4.39 Å². The van der Waals surface area contributed by atoms with Crippen molar-refractivity contribution in [1.29, 1.82) is 0 Å². The molecule has 0 aliphatic rings. The van der Waals surface area contributed by atoms with Crippen LogP contribution in [-0.4, -0.2) is 55.4 Å². The first-order valence-electron chi connectivity index (χ1n) is 7.04. The molecule has 6 heteroatoms. The molecule has 5 nitrogen and oxygen atoms in total. The van der Waals surface area contributed by atoms with Gasteiger partial charge in [0, 0.05) is 26.3 Å². The van der Waals surface area contributed by atoms with Crippen LogP contribution in [0.2, 0.25) is 0 Å². The maximum atomic E-state index is 13.8. The quantitative estimate of drug-likeness (QED) is 0.709. The van der Waals surface area contributed by atoms with E-state index in [1.54, 1.807) is 0 Å². The van der Waals surface area contributed by atoms with Crippen molar-refractivity contribution < 1.29 is 23.8 Å². The Balaban J connectivity index is 2.82.